The molecule has 0 aliphatic rings. The largest absolute Gasteiger partial charge is 0.388 e. The van der Waals surface area contributed by atoms with Crippen LogP contribution in [0.3, 0.4) is 0 Å². The first-order valence-electron chi connectivity index (χ1n) is 6.15. The van der Waals surface area contributed by atoms with E-state index >= 15 is 0 Å². The highest BCUT2D eigenvalue weighted by molar-refractivity contribution is 9.10. The van der Waals surface area contributed by atoms with Crippen LogP contribution in [0.25, 0.3) is 0 Å². The van der Waals surface area contributed by atoms with Gasteiger partial charge in [0, 0.05) is 24.2 Å². The molecule has 0 aliphatic carbocycles. The fourth-order valence-electron chi connectivity index (χ4n) is 1.86. The molecule has 0 bridgehead atoms. The Bertz CT molecular complexity index is 568. The Morgan fingerprint density at radius 1 is 1.37 bits per heavy atom. The van der Waals surface area contributed by atoms with Gasteiger partial charge in [-0.15, -0.1) is 0 Å². The molecule has 1 heterocycles. The highest BCUT2D eigenvalue weighted by atomic mass is 79.9. The van der Waals surface area contributed by atoms with E-state index in [9.17, 15) is 9.50 Å². The Labute approximate surface area is 120 Å². The predicted octanol–water partition coefficient (Wildman–Crippen LogP) is 3.64. The normalized spacial score (nSPS) is 12.9. The summed E-state index contributed by atoms with van der Waals surface area (Å²) in [5, 5.41) is 14.5. The number of hydrogen-bond donors (Lipinski definition) is 1. The molecule has 0 fully saturated rings. The summed E-state index contributed by atoms with van der Waals surface area (Å²) in [6, 6.07) is 7.02. The van der Waals surface area contributed by atoms with Crippen LogP contribution in [-0.2, 0) is 6.42 Å². The lowest BCUT2D eigenvalue weighted by Crippen LogP contribution is -2.07. The first-order valence-corrected chi connectivity index (χ1v) is 6.94. The Morgan fingerprint density at radius 2 is 2.11 bits per heavy atom. The maximum absolute atomic E-state index is 13.9. The number of aliphatic hydroxyl groups is 1. The van der Waals surface area contributed by atoms with E-state index in [-0.39, 0.29) is 11.6 Å². The van der Waals surface area contributed by atoms with Gasteiger partial charge in [-0.05, 0) is 41.9 Å². The summed E-state index contributed by atoms with van der Waals surface area (Å²) in [5.41, 5.74) is 1.04. The van der Waals surface area contributed by atoms with Gasteiger partial charge in [0.1, 0.15) is 5.82 Å². The fourth-order valence-corrected chi connectivity index (χ4v) is 2.24. The van der Waals surface area contributed by atoms with Gasteiger partial charge in [-0.3, -0.25) is 4.68 Å². The SMILES string of the molecule is CC(C)n1ccc(CC(O)c2cccc(Br)c2F)n1. The van der Waals surface area contributed by atoms with Crippen molar-refractivity contribution in [2.24, 2.45) is 0 Å². The van der Waals surface area contributed by atoms with Gasteiger partial charge in [0.2, 0.25) is 0 Å². The topological polar surface area (TPSA) is 38.0 Å². The Morgan fingerprint density at radius 3 is 2.74 bits per heavy atom. The van der Waals surface area contributed by atoms with Crippen LogP contribution in [-0.4, -0.2) is 14.9 Å². The minimum absolute atomic E-state index is 0.272. The highest BCUT2D eigenvalue weighted by Crippen LogP contribution is 2.25. The molecule has 0 spiro atoms. The predicted molar refractivity (Wildman–Crippen MR) is 75.4 cm³/mol. The van der Waals surface area contributed by atoms with E-state index in [1.165, 1.54) is 0 Å². The van der Waals surface area contributed by atoms with Crippen LogP contribution in [0.4, 0.5) is 4.39 Å². The minimum Gasteiger partial charge on any atom is -0.388 e. The summed E-state index contributed by atoms with van der Waals surface area (Å²) in [6.07, 6.45) is 1.27. The summed E-state index contributed by atoms with van der Waals surface area (Å²) in [4.78, 5) is 0. The molecule has 0 saturated carbocycles. The molecular weight excluding hydrogens is 311 g/mol. The van der Waals surface area contributed by atoms with E-state index in [4.69, 9.17) is 0 Å². The third kappa shape index (κ3) is 3.22. The van der Waals surface area contributed by atoms with Gasteiger partial charge < -0.3 is 5.11 Å². The van der Waals surface area contributed by atoms with E-state index < -0.39 is 11.9 Å². The molecule has 0 amide bonds. The van der Waals surface area contributed by atoms with Crippen LogP contribution in [0, 0.1) is 5.82 Å². The highest BCUT2D eigenvalue weighted by Gasteiger charge is 2.16. The molecule has 19 heavy (non-hydrogen) atoms. The van der Waals surface area contributed by atoms with Crippen LogP contribution in [0.2, 0.25) is 0 Å². The molecule has 2 aromatic rings. The Hall–Kier alpha value is -1.20. The van der Waals surface area contributed by atoms with Crippen molar-refractivity contribution in [1.29, 1.82) is 0 Å². The van der Waals surface area contributed by atoms with Gasteiger partial charge in [-0.1, -0.05) is 12.1 Å². The number of rotatable bonds is 4. The van der Waals surface area contributed by atoms with Crippen molar-refractivity contribution in [3.63, 3.8) is 0 Å². The number of aromatic nitrogens is 2. The number of hydrogen-bond acceptors (Lipinski definition) is 2. The van der Waals surface area contributed by atoms with Crippen molar-refractivity contribution >= 4 is 15.9 Å². The van der Waals surface area contributed by atoms with Gasteiger partial charge in [0.25, 0.3) is 0 Å². The molecule has 1 N–H and O–H groups in total. The molecule has 0 aliphatic heterocycles. The zero-order chi connectivity index (χ0) is 14.0. The van der Waals surface area contributed by atoms with Gasteiger partial charge in [0.05, 0.1) is 16.3 Å². The molecule has 0 saturated heterocycles. The second-order valence-electron chi connectivity index (χ2n) is 4.74. The van der Waals surface area contributed by atoms with Crippen molar-refractivity contribution in [2.75, 3.05) is 0 Å². The minimum atomic E-state index is -0.895. The lowest BCUT2D eigenvalue weighted by Gasteiger charge is -2.11. The molecule has 1 unspecified atom stereocenters. The van der Waals surface area contributed by atoms with Gasteiger partial charge in [-0.25, -0.2) is 4.39 Å². The van der Waals surface area contributed by atoms with Crippen LogP contribution < -0.4 is 0 Å². The zero-order valence-electron chi connectivity index (χ0n) is 10.8. The molecule has 102 valence electrons. The molecule has 0 radical (unpaired) electrons. The quantitative estimate of drug-likeness (QED) is 0.931. The fraction of sp³-hybridized carbons (Fsp3) is 0.357. The number of halogens is 2. The van der Waals surface area contributed by atoms with Crippen LogP contribution in [0.1, 0.15) is 37.3 Å². The van der Waals surface area contributed by atoms with E-state index in [1.807, 2.05) is 30.8 Å². The standard InChI is InChI=1S/C14H16BrFN2O/c1-9(2)18-7-6-10(17-18)8-13(19)11-4-3-5-12(15)14(11)16/h3-7,9,13,19H,8H2,1-2H3. The van der Waals surface area contributed by atoms with Crippen molar-refractivity contribution in [3.8, 4) is 0 Å². The first-order chi connectivity index (χ1) is 8.99. The second-order valence-corrected chi connectivity index (χ2v) is 5.60. The third-order valence-electron chi connectivity index (χ3n) is 2.94. The average Bonchev–Trinajstić information content (AvgIpc) is 2.81. The molecule has 2 rings (SSSR count). The van der Waals surface area contributed by atoms with Crippen LogP contribution in [0.15, 0.2) is 34.9 Å². The van der Waals surface area contributed by atoms with E-state index in [1.54, 1.807) is 18.2 Å². The maximum Gasteiger partial charge on any atom is 0.143 e. The summed E-state index contributed by atoms with van der Waals surface area (Å²) in [6.45, 7) is 4.06. The van der Waals surface area contributed by atoms with E-state index in [2.05, 4.69) is 21.0 Å². The molecule has 1 atom stereocenters. The van der Waals surface area contributed by atoms with Gasteiger partial charge in [-0.2, -0.15) is 5.10 Å². The van der Waals surface area contributed by atoms with Crippen molar-refractivity contribution in [3.05, 3.63) is 52.0 Å². The maximum atomic E-state index is 13.9. The lowest BCUT2D eigenvalue weighted by molar-refractivity contribution is 0.172. The monoisotopic (exact) mass is 326 g/mol. The Kier molecular flexibility index (Phi) is 4.37. The van der Waals surface area contributed by atoms with Gasteiger partial charge in [0.15, 0.2) is 0 Å². The second kappa shape index (κ2) is 5.84. The Balaban J connectivity index is 2.16. The zero-order valence-corrected chi connectivity index (χ0v) is 12.4. The number of benzene rings is 1. The summed E-state index contributed by atoms with van der Waals surface area (Å²) >= 11 is 3.12. The molecule has 1 aromatic carbocycles. The third-order valence-corrected chi connectivity index (χ3v) is 3.55. The molecule has 3 nitrogen and oxygen atoms in total. The van der Waals surface area contributed by atoms with Gasteiger partial charge >= 0.3 is 0 Å². The average molecular weight is 327 g/mol. The first kappa shape index (κ1) is 14.2. The molecule has 1 aromatic heterocycles. The summed E-state index contributed by atoms with van der Waals surface area (Å²) < 4.78 is 16.0. The van der Waals surface area contributed by atoms with Crippen LogP contribution >= 0.6 is 15.9 Å². The van der Waals surface area contributed by atoms with Crippen molar-refractivity contribution < 1.29 is 9.50 Å². The smallest absolute Gasteiger partial charge is 0.143 e. The van der Waals surface area contributed by atoms with E-state index in [0.717, 1.165) is 5.69 Å². The number of aliphatic hydroxyl groups excluding tert-OH is 1. The van der Waals surface area contributed by atoms with Crippen molar-refractivity contribution in [1.82, 2.24) is 9.78 Å². The van der Waals surface area contributed by atoms with Crippen LogP contribution in [0.5, 0.6) is 0 Å². The molecule has 5 heteroatoms. The number of nitrogens with zero attached hydrogens (tertiary/aromatic N) is 2. The lowest BCUT2D eigenvalue weighted by atomic mass is 10.0. The van der Waals surface area contributed by atoms with Crippen molar-refractivity contribution in [2.45, 2.75) is 32.4 Å². The van der Waals surface area contributed by atoms with E-state index in [0.29, 0.717) is 10.9 Å². The summed E-state index contributed by atoms with van der Waals surface area (Å²) in [5.74, 6) is -0.418. The molecular formula is C14H16BrFN2O. The summed E-state index contributed by atoms with van der Waals surface area (Å²) in [7, 11) is 0.